The van der Waals surface area contributed by atoms with E-state index in [2.05, 4.69) is 22.5 Å². The Labute approximate surface area is 99.5 Å². The van der Waals surface area contributed by atoms with E-state index in [0.29, 0.717) is 10.6 Å². The molecule has 1 amide bonds. The average Bonchev–Trinajstić information content (AvgIpc) is 2.31. The van der Waals surface area contributed by atoms with E-state index < -0.39 is 0 Å². The molecule has 3 nitrogen and oxygen atoms in total. The molecule has 16 heavy (non-hydrogen) atoms. The highest BCUT2D eigenvalue weighted by atomic mass is 35.5. The third-order valence-corrected chi connectivity index (χ3v) is 2.95. The van der Waals surface area contributed by atoms with Gasteiger partial charge in [-0.05, 0) is 25.3 Å². The highest BCUT2D eigenvalue weighted by molar-refractivity contribution is 6.33. The van der Waals surface area contributed by atoms with Crippen LogP contribution in [0.5, 0.6) is 0 Å². The summed E-state index contributed by atoms with van der Waals surface area (Å²) in [7, 11) is 0. The molecule has 0 aromatic carbocycles. The number of aromatic nitrogens is 1. The van der Waals surface area contributed by atoms with Crippen molar-refractivity contribution >= 4 is 17.5 Å². The number of amides is 1. The predicted molar refractivity (Wildman–Crippen MR) is 63.5 cm³/mol. The fraction of sp³-hybridized carbons (Fsp3) is 0.333. The number of hydrogen-bond donors (Lipinski definition) is 1. The highest BCUT2D eigenvalue weighted by Crippen LogP contribution is 2.15. The zero-order valence-electron chi connectivity index (χ0n) is 8.82. The lowest BCUT2D eigenvalue weighted by Crippen LogP contribution is -2.35. The lowest BCUT2D eigenvalue weighted by Gasteiger charge is -2.19. The van der Waals surface area contributed by atoms with Gasteiger partial charge in [-0.3, -0.25) is 9.78 Å². The predicted octanol–water partition coefficient (Wildman–Crippen LogP) is 2.57. The molecule has 0 bridgehead atoms. The van der Waals surface area contributed by atoms with Crippen molar-refractivity contribution in [2.24, 2.45) is 0 Å². The summed E-state index contributed by atoms with van der Waals surface area (Å²) in [6.45, 7) is 0. The fourth-order valence-corrected chi connectivity index (χ4v) is 1.92. The molecule has 0 radical (unpaired) electrons. The first kappa shape index (κ1) is 11.1. The number of nitrogens with zero attached hydrogens (tertiary/aromatic N) is 1. The van der Waals surface area contributed by atoms with Crippen molar-refractivity contribution in [1.82, 2.24) is 10.3 Å². The Bertz CT molecular complexity index is 417. The summed E-state index contributed by atoms with van der Waals surface area (Å²) in [5.74, 6) is -0.140. The Morgan fingerprint density at radius 3 is 3.06 bits per heavy atom. The smallest absolute Gasteiger partial charge is 0.254 e. The van der Waals surface area contributed by atoms with Gasteiger partial charge in [0.1, 0.15) is 0 Å². The van der Waals surface area contributed by atoms with Crippen LogP contribution in [0.15, 0.2) is 30.6 Å². The zero-order chi connectivity index (χ0) is 11.4. The van der Waals surface area contributed by atoms with Crippen LogP contribution >= 0.6 is 11.6 Å². The van der Waals surface area contributed by atoms with E-state index in [1.807, 2.05) is 0 Å². The summed E-state index contributed by atoms with van der Waals surface area (Å²) in [4.78, 5) is 15.8. The molecular weight excluding hydrogens is 224 g/mol. The number of rotatable bonds is 2. The van der Waals surface area contributed by atoms with Gasteiger partial charge in [0.05, 0.1) is 10.6 Å². The van der Waals surface area contributed by atoms with E-state index in [1.54, 1.807) is 12.3 Å². The lowest BCUT2D eigenvalue weighted by atomic mass is 10.0. The topological polar surface area (TPSA) is 42.0 Å². The van der Waals surface area contributed by atoms with E-state index >= 15 is 0 Å². The van der Waals surface area contributed by atoms with Crippen LogP contribution in [0.3, 0.4) is 0 Å². The third-order valence-electron chi connectivity index (χ3n) is 2.62. The molecular formula is C12H13ClN2O. The maximum atomic E-state index is 11.9. The minimum absolute atomic E-state index is 0.140. The SMILES string of the molecule is O=C(NC1CC=CCC1)c1cnccc1Cl. The van der Waals surface area contributed by atoms with Crippen molar-refractivity contribution in [2.75, 3.05) is 0 Å². The largest absolute Gasteiger partial charge is 0.349 e. The first-order valence-electron chi connectivity index (χ1n) is 5.33. The molecule has 0 fully saturated rings. The van der Waals surface area contributed by atoms with Crippen LogP contribution in [0.2, 0.25) is 5.02 Å². The minimum atomic E-state index is -0.140. The first-order valence-corrected chi connectivity index (χ1v) is 5.70. The van der Waals surface area contributed by atoms with Crippen molar-refractivity contribution in [3.63, 3.8) is 0 Å². The molecule has 4 heteroatoms. The second-order valence-corrected chi connectivity index (χ2v) is 4.22. The molecule has 1 unspecified atom stereocenters. The molecule has 1 atom stereocenters. The first-order chi connectivity index (χ1) is 7.77. The number of allylic oxidation sites excluding steroid dienone is 1. The van der Waals surface area contributed by atoms with Gasteiger partial charge in [-0.25, -0.2) is 0 Å². The van der Waals surface area contributed by atoms with Crippen molar-refractivity contribution in [3.8, 4) is 0 Å². The van der Waals surface area contributed by atoms with E-state index in [0.717, 1.165) is 19.3 Å². The van der Waals surface area contributed by atoms with Gasteiger partial charge in [0.25, 0.3) is 5.91 Å². The van der Waals surface area contributed by atoms with Gasteiger partial charge in [0.15, 0.2) is 0 Å². The van der Waals surface area contributed by atoms with Crippen LogP contribution in [0.4, 0.5) is 0 Å². The zero-order valence-corrected chi connectivity index (χ0v) is 9.57. The molecule has 0 saturated heterocycles. The van der Waals surface area contributed by atoms with Gasteiger partial charge >= 0.3 is 0 Å². The van der Waals surface area contributed by atoms with Gasteiger partial charge in [-0.1, -0.05) is 23.8 Å². The summed E-state index contributed by atoms with van der Waals surface area (Å²) in [6.07, 6.45) is 10.2. The van der Waals surface area contributed by atoms with Gasteiger partial charge in [0.2, 0.25) is 0 Å². The average molecular weight is 237 g/mol. The Morgan fingerprint density at radius 2 is 2.38 bits per heavy atom. The maximum absolute atomic E-state index is 11.9. The van der Waals surface area contributed by atoms with Crippen molar-refractivity contribution in [2.45, 2.75) is 25.3 Å². The van der Waals surface area contributed by atoms with Crippen LogP contribution in [0, 0.1) is 0 Å². The minimum Gasteiger partial charge on any atom is -0.349 e. The maximum Gasteiger partial charge on any atom is 0.254 e. The molecule has 0 saturated carbocycles. The van der Waals surface area contributed by atoms with Gasteiger partial charge in [-0.15, -0.1) is 0 Å². The lowest BCUT2D eigenvalue weighted by molar-refractivity contribution is 0.0934. The molecule has 0 spiro atoms. The van der Waals surface area contributed by atoms with Gasteiger partial charge in [0, 0.05) is 18.4 Å². The number of carbonyl (C=O) groups excluding carboxylic acids is 1. The molecule has 1 aromatic heterocycles. The van der Waals surface area contributed by atoms with E-state index in [9.17, 15) is 4.79 Å². The molecule has 1 aliphatic carbocycles. The standard InChI is InChI=1S/C12H13ClN2O/c13-11-6-7-14-8-10(11)12(16)15-9-4-2-1-3-5-9/h1-2,6-9H,3-5H2,(H,15,16). The molecule has 1 aromatic rings. The van der Waals surface area contributed by atoms with Crippen molar-refractivity contribution in [3.05, 3.63) is 41.2 Å². The highest BCUT2D eigenvalue weighted by Gasteiger charge is 2.16. The van der Waals surface area contributed by atoms with Gasteiger partial charge in [-0.2, -0.15) is 0 Å². The Morgan fingerprint density at radius 1 is 1.50 bits per heavy atom. The molecule has 1 N–H and O–H groups in total. The molecule has 84 valence electrons. The summed E-state index contributed by atoms with van der Waals surface area (Å²) >= 11 is 5.92. The summed E-state index contributed by atoms with van der Waals surface area (Å²) in [5.41, 5.74) is 0.443. The summed E-state index contributed by atoms with van der Waals surface area (Å²) in [5, 5.41) is 3.40. The van der Waals surface area contributed by atoms with Crippen molar-refractivity contribution in [1.29, 1.82) is 0 Å². The van der Waals surface area contributed by atoms with Crippen LogP contribution < -0.4 is 5.32 Å². The quantitative estimate of drug-likeness (QED) is 0.802. The number of halogens is 1. The van der Waals surface area contributed by atoms with E-state index in [4.69, 9.17) is 11.6 Å². The van der Waals surface area contributed by atoms with E-state index in [-0.39, 0.29) is 11.9 Å². The Hall–Kier alpha value is -1.35. The fourth-order valence-electron chi connectivity index (χ4n) is 1.73. The van der Waals surface area contributed by atoms with Crippen LogP contribution in [0.25, 0.3) is 0 Å². The van der Waals surface area contributed by atoms with Crippen LogP contribution in [-0.2, 0) is 0 Å². The monoisotopic (exact) mass is 236 g/mol. The Kier molecular flexibility index (Phi) is 3.57. The van der Waals surface area contributed by atoms with Crippen LogP contribution in [0.1, 0.15) is 29.6 Å². The second kappa shape index (κ2) is 5.12. The van der Waals surface area contributed by atoms with Gasteiger partial charge < -0.3 is 5.32 Å². The van der Waals surface area contributed by atoms with Crippen molar-refractivity contribution < 1.29 is 4.79 Å². The number of pyridine rings is 1. The third kappa shape index (κ3) is 2.61. The summed E-state index contributed by atoms with van der Waals surface area (Å²) in [6, 6.07) is 1.84. The van der Waals surface area contributed by atoms with E-state index in [1.165, 1.54) is 6.20 Å². The molecule has 1 heterocycles. The summed E-state index contributed by atoms with van der Waals surface area (Å²) < 4.78 is 0. The number of hydrogen-bond acceptors (Lipinski definition) is 2. The molecule has 0 aliphatic heterocycles. The molecule has 1 aliphatic rings. The second-order valence-electron chi connectivity index (χ2n) is 3.81. The molecule has 2 rings (SSSR count). The normalized spacial score (nSPS) is 19.4. The number of nitrogens with one attached hydrogen (secondary N) is 1. The Balaban J connectivity index is 2.03. The number of carbonyl (C=O) groups is 1. The van der Waals surface area contributed by atoms with Crippen LogP contribution in [-0.4, -0.2) is 16.9 Å².